The first-order valence-electron chi connectivity index (χ1n) is 7.77. The monoisotopic (exact) mass is 362 g/mol. The molecule has 0 aliphatic heterocycles. The number of benzene rings is 1. The van der Waals surface area contributed by atoms with Crippen LogP contribution in [0.2, 0.25) is 5.02 Å². The van der Waals surface area contributed by atoms with Crippen LogP contribution in [0.4, 0.5) is 0 Å². The van der Waals surface area contributed by atoms with Crippen LogP contribution in [0.15, 0.2) is 42.6 Å². The Bertz CT molecular complexity index is 737. The lowest BCUT2D eigenvalue weighted by Crippen LogP contribution is -2.23. The molecule has 0 aliphatic carbocycles. The molecular formula is C18H19ClN2O4. The predicted molar refractivity (Wildman–Crippen MR) is 93.6 cm³/mol. The Morgan fingerprint density at radius 3 is 2.80 bits per heavy atom. The number of rotatable bonds is 8. The number of nitrogens with one attached hydrogen (secondary N) is 1. The summed E-state index contributed by atoms with van der Waals surface area (Å²) in [5.41, 5.74) is 0.985. The number of hydrogen-bond donors (Lipinski definition) is 1. The zero-order chi connectivity index (χ0) is 18.1. The summed E-state index contributed by atoms with van der Waals surface area (Å²) in [6.07, 6.45) is 2.39. The van der Waals surface area contributed by atoms with Gasteiger partial charge in [-0.1, -0.05) is 23.7 Å². The standard InChI is InChI=1S/C18H19ClN2O4/c1-24-18(23)13-8-9-20-14(11-13)12-21-17(22)7-4-10-25-16-6-3-2-5-15(16)19/h2-3,5-6,8-9,11H,4,7,10,12H2,1H3,(H,21,22). The highest BCUT2D eigenvalue weighted by atomic mass is 35.5. The van der Waals surface area contributed by atoms with Gasteiger partial charge in [-0.05, 0) is 30.7 Å². The molecule has 0 spiro atoms. The van der Waals surface area contributed by atoms with E-state index >= 15 is 0 Å². The summed E-state index contributed by atoms with van der Waals surface area (Å²) in [7, 11) is 1.31. The minimum absolute atomic E-state index is 0.118. The largest absolute Gasteiger partial charge is 0.492 e. The van der Waals surface area contributed by atoms with Gasteiger partial charge in [0.05, 0.1) is 36.5 Å². The Hall–Kier alpha value is -2.60. The fraction of sp³-hybridized carbons (Fsp3) is 0.278. The number of carbonyl (C=O) groups excluding carboxylic acids is 2. The van der Waals surface area contributed by atoms with E-state index in [1.807, 2.05) is 12.1 Å². The lowest BCUT2D eigenvalue weighted by atomic mass is 10.2. The van der Waals surface area contributed by atoms with Crippen LogP contribution in [-0.2, 0) is 16.1 Å². The molecule has 132 valence electrons. The highest BCUT2D eigenvalue weighted by molar-refractivity contribution is 6.32. The molecule has 6 nitrogen and oxygen atoms in total. The molecule has 0 radical (unpaired) electrons. The van der Waals surface area contributed by atoms with Crippen LogP contribution in [0, 0.1) is 0 Å². The molecule has 1 heterocycles. The molecule has 1 aromatic carbocycles. The Morgan fingerprint density at radius 2 is 2.04 bits per heavy atom. The van der Waals surface area contributed by atoms with Crippen molar-refractivity contribution < 1.29 is 19.1 Å². The van der Waals surface area contributed by atoms with Crippen LogP contribution < -0.4 is 10.1 Å². The molecule has 2 aromatic rings. The minimum atomic E-state index is -0.438. The summed E-state index contributed by atoms with van der Waals surface area (Å²) < 4.78 is 10.2. The highest BCUT2D eigenvalue weighted by Crippen LogP contribution is 2.23. The van der Waals surface area contributed by atoms with Crippen LogP contribution >= 0.6 is 11.6 Å². The second kappa shape index (κ2) is 9.64. The van der Waals surface area contributed by atoms with Crippen LogP contribution in [0.1, 0.15) is 28.9 Å². The number of methoxy groups -OCH3 is 1. The van der Waals surface area contributed by atoms with E-state index in [-0.39, 0.29) is 12.5 Å². The van der Waals surface area contributed by atoms with Crippen LogP contribution in [0.25, 0.3) is 0 Å². The number of hydrogen-bond acceptors (Lipinski definition) is 5. The number of amides is 1. The maximum Gasteiger partial charge on any atom is 0.337 e. The van der Waals surface area contributed by atoms with E-state index in [0.29, 0.717) is 41.5 Å². The van der Waals surface area contributed by atoms with E-state index in [2.05, 4.69) is 15.0 Å². The number of esters is 1. The minimum Gasteiger partial charge on any atom is -0.492 e. The van der Waals surface area contributed by atoms with Crippen molar-refractivity contribution in [2.45, 2.75) is 19.4 Å². The molecule has 0 saturated heterocycles. The topological polar surface area (TPSA) is 77.5 Å². The van der Waals surface area contributed by atoms with Crippen molar-refractivity contribution in [1.82, 2.24) is 10.3 Å². The van der Waals surface area contributed by atoms with Gasteiger partial charge in [-0.3, -0.25) is 9.78 Å². The third-order valence-electron chi connectivity index (χ3n) is 3.35. The van der Waals surface area contributed by atoms with E-state index in [9.17, 15) is 9.59 Å². The highest BCUT2D eigenvalue weighted by Gasteiger charge is 2.08. The molecule has 25 heavy (non-hydrogen) atoms. The molecule has 2 rings (SSSR count). The fourth-order valence-corrected chi connectivity index (χ4v) is 2.26. The Balaban J connectivity index is 1.70. The van der Waals surface area contributed by atoms with Crippen LogP contribution in [0.3, 0.4) is 0 Å². The number of nitrogens with zero attached hydrogens (tertiary/aromatic N) is 1. The molecule has 0 fully saturated rings. The average Bonchev–Trinajstić information content (AvgIpc) is 2.64. The van der Waals surface area contributed by atoms with Crippen molar-refractivity contribution in [3.8, 4) is 5.75 Å². The Labute approximate surface area is 151 Å². The smallest absolute Gasteiger partial charge is 0.337 e. The van der Waals surface area contributed by atoms with Gasteiger partial charge in [0.15, 0.2) is 0 Å². The third-order valence-corrected chi connectivity index (χ3v) is 3.66. The molecule has 0 bridgehead atoms. The molecule has 0 saturated carbocycles. The fourth-order valence-electron chi connectivity index (χ4n) is 2.07. The van der Waals surface area contributed by atoms with E-state index in [1.54, 1.807) is 24.3 Å². The van der Waals surface area contributed by atoms with Gasteiger partial charge >= 0.3 is 5.97 Å². The summed E-state index contributed by atoms with van der Waals surface area (Å²) in [6, 6.07) is 10.3. The Kier molecular flexibility index (Phi) is 7.22. The van der Waals surface area contributed by atoms with Crippen molar-refractivity contribution in [3.05, 3.63) is 58.9 Å². The average molecular weight is 363 g/mol. The lowest BCUT2D eigenvalue weighted by molar-refractivity contribution is -0.121. The molecule has 0 aliphatic rings. The van der Waals surface area contributed by atoms with Crippen molar-refractivity contribution in [2.24, 2.45) is 0 Å². The molecule has 1 amide bonds. The normalized spacial score (nSPS) is 10.2. The van der Waals surface area contributed by atoms with Crippen molar-refractivity contribution >= 4 is 23.5 Å². The van der Waals surface area contributed by atoms with Crippen LogP contribution in [0.5, 0.6) is 5.75 Å². The van der Waals surface area contributed by atoms with Gasteiger partial charge in [0, 0.05) is 12.6 Å². The molecule has 0 atom stereocenters. The number of halogens is 1. The quantitative estimate of drug-likeness (QED) is 0.577. The maximum atomic E-state index is 11.9. The predicted octanol–water partition coefficient (Wildman–Crippen LogP) is 3.00. The van der Waals surface area contributed by atoms with E-state index in [1.165, 1.54) is 13.3 Å². The SMILES string of the molecule is COC(=O)c1ccnc(CNC(=O)CCCOc2ccccc2Cl)c1. The van der Waals surface area contributed by atoms with Gasteiger partial charge in [0.1, 0.15) is 5.75 Å². The van der Waals surface area contributed by atoms with Gasteiger partial charge in [0.25, 0.3) is 0 Å². The lowest BCUT2D eigenvalue weighted by Gasteiger charge is -2.08. The van der Waals surface area contributed by atoms with Gasteiger partial charge in [-0.2, -0.15) is 0 Å². The first-order valence-corrected chi connectivity index (χ1v) is 8.15. The van der Waals surface area contributed by atoms with Crippen molar-refractivity contribution in [3.63, 3.8) is 0 Å². The Morgan fingerprint density at radius 1 is 1.24 bits per heavy atom. The van der Waals surface area contributed by atoms with E-state index in [4.69, 9.17) is 16.3 Å². The molecule has 0 unspecified atom stereocenters. The molecule has 1 N–H and O–H groups in total. The summed E-state index contributed by atoms with van der Waals surface area (Å²) >= 11 is 5.98. The van der Waals surface area contributed by atoms with Gasteiger partial charge in [-0.15, -0.1) is 0 Å². The molecular weight excluding hydrogens is 344 g/mol. The number of pyridine rings is 1. The first-order chi connectivity index (χ1) is 12.1. The third kappa shape index (κ3) is 6.08. The van der Waals surface area contributed by atoms with Crippen molar-refractivity contribution in [2.75, 3.05) is 13.7 Å². The molecule has 7 heteroatoms. The maximum absolute atomic E-state index is 11.9. The van der Waals surface area contributed by atoms with Gasteiger partial charge < -0.3 is 14.8 Å². The van der Waals surface area contributed by atoms with E-state index < -0.39 is 5.97 Å². The number of ether oxygens (including phenoxy) is 2. The molecule has 1 aromatic heterocycles. The number of aromatic nitrogens is 1. The first kappa shape index (κ1) is 18.7. The summed E-state index contributed by atoms with van der Waals surface area (Å²) in [4.78, 5) is 27.4. The van der Waals surface area contributed by atoms with Crippen molar-refractivity contribution in [1.29, 1.82) is 0 Å². The van der Waals surface area contributed by atoms with Gasteiger partial charge in [0.2, 0.25) is 5.91 Å². The zero-order valence-corrected chi connectivity index (χ0v) is 14.6. The van der Waals surface area contributed by atoms with E-state index in [0.717, 1.165) is 0 Å². The number of carbonyl (C=O) groups is 2. The zero-order valence-electron chi connectivity index (χ0n) is 13.8. The van der Waals surface area contributed by atoms with Gasteiger partial charge in [-0.25, -0.2) is 4.79 Å². The summed E-state index contributed by atoms with van der Waals surface area (Å²) in [5.74, 6) is 0.0492. The van der Waals surface area contributed by atoms with Crippen LogP contribution in [-0.4, -0.2) is 30.6 Å². The second-order valence-electron chi connectivity index (χ2n) is 5.19. The second-order valence-corrected chi connectivity index (χ2v) is 5.59. The summed E-state index contributed by atoms with van der Waals surface area (Å²) in [5, 5.41) is 3.30. The summed E-state index contributed by atoms with van der Waals surface area (Å²) in [6.45, 7) is 0.641. The number of para-hydroxylation sites is 1.